The van der Waals surface area contributed by atoms with Crippen molar-refractivity contribution in [3.05, 3.63) is 34.3 Å². The SMILES string of the molecule is C/C=C(\C)C(=O)[C@@H](C)C1=C(OC)C(=O)C2=C(O[C@]3(C)CC[C@H]4O[C@@H](C(C)(C)O)CC[C@]4(C)[C@H]3[C@@H]2O)C1=O. The molecule has 4 aliphatic rings. The van der Waals surface area contributed by atoms with Gasteiger partial charge in [0.2, 0.25) is 11.6 Å². The van der Waals surface area contributed by atoms with Crippen molar-refractivity contribution in [2.75, 3.05) is 7.11 Å². The van der Waals surface area contributed by atoms with Gasteiger partial charge in [0.05, 0.1) is 48.1 Å². The second-order valence-corrected chi connectivity index (χ2v) is 12.1. The lowest BCUT2D eigenvalue weighted by atomic mass is 9.52. The van der Waals surface area contributed by atoms with Gasteiger partial charge in [-0.2, -0.15) is 0 Å². The number of aliphatic hydroxyl groups is 2. The Morgan fingerprint density at radius 2 is 1.84 bits per heavy atom. The molecule has 2 aliphatic heterocycles. The highest BCUT2D eigenvalue weighted by molar-refractivity contribution is 6.26. The molecule has 8 heteroatoms. The Hall–Kier alpha value is -2.29. The van der Waals surface area contributed by atoms with Crippen LogP contribution in [0.25, 0.3) is 0 Å². The summed E-state index contributed by atoms with van der Waals surface area (Å²) in [5, 5.41) is 22.3. The first-order chi connectivity index (χ1) is 17.1. The molecule has 4 rings (SSSR count). The van der Waals surface area contributed by atoms with E-state index in [9.17, 15) is 24.6 Å². The Labute approximate surface area is 218 Å². The van der Waals surface area contributed by atoms with Gasteiger partial charge in [0.25, 0.3) is 0 Å². The van der Waals surface area contributed by atoms with Gasteiger partial charge in [-0.25, -0.2) is 0 Å². The molecule has 2 aliphatic carbocycles. The number of hydrogen-bond donors (Lipinski definition) is 2. The number of allylic oxidation sites excluding steroid dienone is 4. The van der Waals surface area contributed by atoms with Crippen LogP contribution < -0.4 is 0 Å². The zero-order valence-electron chi connectivity index (χ0n) is 23.1. The van der Waals surface area contributed by atoms with Crippen LogP contribution in [0.2, 0.25) is 0 Å². The van der Waals surface area contributed by atoms with E-state index in [1.165, 1.54) is 7.11 Å². The van der Waals surface area contributed by atoms with Crippen LogP contribution in [0.5, 0.6) is 0 Å². The minimum atomic E-state index is -1.28. The molecule has 37 heavy (non-hydrogen) atoms. The lowest BCUT2D eigenvalue weighted by Crippen LogP contribution is -2.66. The van der Waals surface area contributed by atoms with Crippen LogP contribution in [-0.2, 0) is 28.6 Å². The molecule has 1 saturated carbocycles. The first-order valence-corrected chi connectivity index (χ1v) is 13.2. The van der Waals surface area contributed by atoms with E-state index in [1.54, 1.807) is 40.7 Å². The molecular weight excluding hydrogens is 476 g/mol. The highest BCUT2D eigenvalue weighted by Gasteiger charge is 2.65. The fourth-order valence-corrected chi connectivity index (χ4v) is 7.05. The van der Waals surface area contributed by atoms with Crippen molar-refractivity contribution in [3.63, 3.8) is 0 Å². The van der Waals surface area contributed by atoms with Crippen LogP contribution >= 0.6 is 0 Å². The number of ether oxygens (including phenoxy) is 3. The molecule has 8 nitrogen and oxygen atoms in total. The van der Waals surface area contributed by atoms with Crippen molar-refractivity contribution >= 4 is 17.3 Å². The lowest BCUT2D eigenvalue weighted by Gasteiger charge is -2.61. The largest absolute Gasteiger partial charge is 0.492 e. The number of rotatable bonds is 5. The standard InChI is InChI=1S/C29H40O8/c1-9-14(2)20(30)15(3)18-21(31)25-19(22(32)24(18)35-8)23(33)26-28(6)12-10-16(27(4,5)34)36-17(28)11-13-29(26,7)37-25/h9,15-17,23,26,33-34H,10-13H2,1-8H3/b14-9+/t15-,16+,17+,23+,26+,28-,29+/m0/s1. The smallest absolute Gasteiger partial charge is 0.230 e. The number of carbonyl (C=O) groups excluding carboxylic acids is 3. The molecular formula is C29H40O8. The van der Waals surface area contributed by atoms with Crippen LogP contribution in [-0.4, -0.2) is 64.2 Å². The average Bonchev–Trinajstić information content (AvgIpc) is 2.82. The molecule has 0 radical (unpaired) electrons. The summed E-state index contributed by atoms with van der Waals surface area (Å²) < 4.78 is 18.2. The molecule has 1 saturated heterocycles. The van der Waals surface area contributed by atoms with E-state index in [4.69, 9.17) is 14.2 Å². The third kappa shape index (κ3) is 4.12. The average molecular weight is 517 g/mol. The third-order valence-electron chi connectivity index (χ3n) is 9.26. The Bertz CT molecular complexity index is 1120. The summed E-state index contributed by atoms with van der Waals surface area (Å²) in [4.78, 5) is 40.5. The minimum absolute atomic E-state index is 0.0411. The van der Waals surface area contributed by atoms with Crippen molar-refractivity contribution in [1.82, 2.24) is 0 Å². The highest BCUT2D eigenvalue weighted by Crippen LogP contribution is 2.60. The van der Waals surface area contributed by atoms with Gasteiger partial charge in [0, 0.05) is 11.3 Å². The van der Waals surface area contributed by atoms with Gasteiger partial charge in [0.15, 0.2) is 17.3 Å². The van der Waals surface area contributed by atoms with Gasteiger partial charge in [0.1, 0.15) is 5.60 Å². The minimum Gasteiger partial charge on any atom is -0.492 e. The molecule has 7 atom stereocenters. The fourth-order valence-electron chi connectivity index (χ4n) is 7.05. The van der Waals surface area contributed by atoms with Crippen LogP contribution in [0.15, 0.2) is 34.3 Å². The van der Waals surface area contributed by atoms with Crippen molar-refractivity contribution in [2.24, 2.45) is 17.3 Å². The van der Waals surface area contributed by atoms with Gasteiger partial charge in [-0.05, 0) is 65.9 Å². The van der Waals surface area contributed by atoms with E-state index in [1.807, 2.05) is 13.8 Å². The van der Waals surface area contributed by atoms with E-state index >= 15 is 0 Å². The zero-order valence-corrected chi connectivity index (χ0v) is 23.1. The summed E-state index contributed by atoms with van der Waals surface area (Å²) in [5.41, 5.74) is -2.16. The predicted octanol–water partition coefficient (Wildman–Crippen LogP) is 3.35. The summed E-state index contributed by atoms with van der Waals surface area (Å²) in [6, 6.07) is 0. The van der Waals surface area contributed by atoms with Crippen molar-refractivity contribution in [3.8, 4) is 0 Å². The monoisotopic (exact) mass is 516 g/mol. The highest BCUT2D eigenvalue weighted by atomic mass is 16.5. The van der Waals surface area contributed by atoms with E-state index in [0.29, 0.717) is 31.3 Å². The van der Waals surface area contributed by atoms with Crippen molar-refractivity contribution in [2.45, 2.75) is 104 Å². The number of fused-ring (bicyclic) bond motifs is 3. The second kappa shape index (κ2) is 9.17. The Morgan fingerprint density at radius 1 is 1.19 bits per heavy atom. The summed E-state index contributed by atoms with van der Waals surface area (Å²) in [7, 11) is 1.29. The van der Waals surface area contributed by atoms with Crippen LogP contribution in [0, 0.1) is 17.3 Å². The van der Waals surface area contributed by atoms with Gasteiger partial charge in [-0.3, -0.25) is 14.4 Å². The number of carbonyl (C=O) groups is 3. The molecule has 0 aromatic rings. The molecule has 0 amide bonds. The molecule has 0 bridgehead atoms. The van der Waals surface area contributed by atoms with Crippen LogP contribution in [0.1, 0.15) is 74.1 Å². The molecule has 2 heterocycles. The third-order valence-corrected chi connectivity index (χ3v) is 9.26. The van der Waals surface area contributed by atoms with Crippen molar-refractivity contribution < 1.29 is 38.8 Å². The quantitative estimate of drug-likeness (QED) is 0.422. The lowest BCUT2D eigenvalue weighted by molar-refractivity contribution is -0.260. The number of ketones is 3. The first-order valence-electron chi connectivity index (χ1n) is 13.2. The maximum atomic E-state index is 13.8. The summed E-state index contributed by atoms with van der Waals surface area (Å²) in [5.74, 6) is -3.35. The summed E-state index contributed by atoms with van der Waals surface area (Å²) in [6.45, 7) is 12.3. The normalized spacial score (nSPS) is 37.4. The van der Waals surface area contributed by atoms with E-state index in [-0.39, 0.29) is 40.7 Å². The van der Waals surface area contributed by atoms with E-state index in [2.05, 4.69) is 0 Å². The molecule has 0 spiro atoms. The Morgan fingerprint density at radius 3 is 2.41 bits per heavy atom. The number of Topliss-reactive ketones (excluding diaryl/α,β-unsaturated/α-hetero) is 3. The second-order valence-electron chi connectivity index (χ2n) is 12.1. The topological polar surface area (TPSA) is 119 Å². The van der Waals surface area contributed by atoms with Gasteiger partial charge >= 0.3 is 0 Å². The van der Waals surface area contributed by atoms with Crippen molar-refractivity contribution in [1.29, 1.82) is 0 Å². The summed E-state index contributed by atoms with van der Waals surface area (Å²) in [6.07, 6.45) is 2.15. The Balaban J connectivity index is 1.76. The zero-order chi connectivity index (χ0) is 27.7. The fraction of sp³-hybridized carbons (Fsp3) is 0.690. The maximum absolute atomic E-state index is 13.8. The van der Waals surface area contributed by atoms with Gasteiger partial charge in [-0.1, -0.05) is 19.9 Å². The summed E-state index contributed by atoms with van der Waals surface area (Å²) >= 11 is 0. The van der Waals surface area contributed by atoms with Crippen LogP contribution in [0.3, 0.4) is 0 Å². The molecule has 2 fully saturated rings. The molecule has 0 unspecified atom stereocenters. The van der Waals surface area contributed by atoms with E-state index < -0.39 is 46.1 Å². The first kappa shape index (κ1) is 27.7. The predicted molar refractivity (Wildman–Crippen MR) is 135 cm³/mol. The molecule has 2 N–H and O–H groups in total. The van der Waals surface area contributed by atoms with Crippen LogP contribution in [0.4, 0.5) is 0 Å². The van der Waals surface area contributed by atoms with Gasteiger partial charge in [-0.15, -0.1) is 0 Å². The number of methoxy groups -OCH3 is 1. The Kier molecular flexibility index (Phi) is 6.88. The number of hydrogen-bond acceptors (Lipinski definition) is 8. The van der Waals surface area contributed by atoms with Gasteiger partial charge < -0.3 is 24.4 Å². The maximum Gasteiger partial charge on any atom is 0.230 e. The molecule has 0 aromatic heterocycles. The van der Waals surface area contributed by atoms with E-state index in [0.717, 1.165) is 0 Å². The number of aliphatic hydroxyl groups excluding tert-OH is 1. The molecule has 0 aromatic carbocycles. The molecule has 204 valence electrons.